The molecule has 1 aromatic heterocycles. The number of benzene rings is 1. The molecule has 0 radical (unpaired) electrons. The van der Waals surface area contributed by atoms with Crippen LogP contribution in [0.2, 0.25) is 4.47 Å². The average Bonchev–Trinajstić information content (AvgIpc) is 3.07. The van der Waals surface area contributed by atoms with Crippen molar-refractivity contribution in [2.75, 3.05) is 39.5 Å². The van der Waals surface area contributed by atoms with Crippen LogP contribution in [0.15, 0.2) is 29.6 Å². The maximum Gasteiger partial charge on any atom is 0.183 e. The largest absolute Gasteiger partial charge is 0.491 e. The van der Waals surface area contributed by atoms with Crippen LogP contribution in [0.3, 0.4) is 0 Å². The average molecular weight is 383 g/mol. The van der Waals surface area contributed by atoms with Gasteiger partial charge in [0.1, 0.15) is 18.5 Å². The fourth-order valence-electron chi connectivity index (χ4n) is 3.01. The normalized spacial score (nSPS) is 19.7. The maximum atomic E-state index is 8.81. The molecule has 0 aliphatic carbocycles. The molecule has 1 aliphatic rings. The van der Waals surface area contributed by atoms with Gasteiger partial charge >= 0.3 is 0 Å². The molecule has 0 saturated carbocycles. The van der Waals surface area contributed by atoms with Gasteiger partial charge in [-0.15, -0.1) is 11.3 Å². The molecule has 1 saturated heterocycles. The summed E-state index contributed by atoms with van der Waals surface area (Å²) in [6, 6.07) is 8.10. The van der Waals surface area contributed by atoms with Crippen LogP contribution in [0.5, 0.6) is 5.75 Å². The first-order chi connectivity index (χ1) is 12.2. The summed E-state index contributed by atoms with van der Waals surface area (Å²) in [7, 11) is 0. The fraction of sp³-hybridized carbons (Fsp3) is 0.500. The van der Waals surface area contributed by atoms with Gasteiger partial charge in [-0.2, -0.15) is 0 Å². The van der Waals surface area contributed by atoms with Crippen molar-refractivity contribution in [1.29, 1.82) is 0 Å². The van der Waals surface area contributed by atoms with Gasteiger partial charge in [0, 0.05) is 25.0 Å². The molecular formula is C18H23ClN2O3S. The number of aliphatic hydroxyl groups is 1. The van der Waals surface area contributed by atoms with E-state index in [-0.39, 0.29) is 12.7 Å². The van der Waals surface area contributed by atoms with E-state index >= 15 is 0 Å². The van der Waals surface area contributed by atoms with E-state index in [1.807, 2.05) is 17.5 Å². The minimum atomic E-state index is -0.000965. The van der Waals surface area contributed by atoms with E-state index < -0.39 is 0 Å². The topological polar surface area (TPSA) is 54.8 Å². The lowest BCUT2D eigenvalue weighted by Gasteiger charge is -2.33. The number of aromatic nitrogens is 1. The van der Waals surface area contributed by atoms with Crippen molar-refractivity contribution in [3.8, 4) is 5.75 Å². The van der Waals surface area contributed by atoms with Crippen LogP contribution in [0.4, 0.5) is 0 Å². The van der Waals surface area contributed by atoms with Gasteiger partial charge in [0.2, 0.25) is 0 Å². The molecule has 1 aromatic carbocycles. The van der Waals surface area contributed by atoms with E-state index in [2.05, 4.69) is 28.9 Å². The van der Waals surface area contributed by atoms with Gasteiger partial charge in [0.15, 0.2) is 4.47 Å². The van der Waals surface area contributed by atoms with E-state index in [0.717, 1.165) is 31.1 Å². The molecule has 0 spiro atoms. The van der Waals surface area contributed by atoms with Gasteiger partial charge in [-0.25, -0.2) is 4.98 Å². The Kier molecular flexibility index (Phi) is 6.67. The molecular weight excluding hydrogens is 360 g/mol. The molecule has 2 heterocycles. The summed E-state index contributed by atoms with van der Waals surface area (Å²) < 4.78 is 11.8. The molecule has 0 amide bonds. The van der Waals surface area contributed by atoms with Gasteiger partial charge in [-0.3, -0.25) is 4.90 Å². The Morgan fingerprint density at radius 3 is 2.92 bits per heavy atom. The predicted octanol–water partition coefficient (Wildman–Crippen LogP) is 3.34. The highest BCUT2D eigenvalue weighted by Crippen LogP contribution is 2.27. The number of aliphatic hydroxyl groups excluding tert-OH is 1. The Morgan fingerprint density at radius 2 is 2.24 bits per heavy atom. The molecule has 1 fully saturated rings. The molecule has 3 rings (SSSR count). The van der Waals surface area contributed by atoms with Crippen LogP contribution in [0.25, 0.3) is 0 Å². The number of thiazole rings is 1. The molecule has 1 aliphatic heterocycles. The standard InChI is InChI=1S/C18H23ClN2O3S/c1-13(14-2-4-15(5-3-14)23-9-7-22)10-21-6-8-24-17(11-21)16-12-25-18(19)20-16/h2-5,12-13,17,22H,6-11H2,1H3. The van der Waals surface area contributed by atoms with Crippen molar-refractivity contribution >= 4 is 22.9 Å². The minimum Gasteiger partial charge on any atom is -0.491 e. The second-order valence-corrected chi connectivity index (χ2v) is 7.63. The van der Waals surface area contributed by atoms with Crippen molar-refractivity contribution in [3.63, 3.8) is 0 Å². The van der Waals surface area contributed by atoms with E-state index in [9.17, 15) is 0 Å². The Hall–Kier alpha value is -1.18. The van der Waals surface area contributed by atoms with E-state index in [1.54, 1.807) is 0 Å². The number of morpholine rings is 1. The Morgan fingerprint density at radius 1 is 1.44 bits per heavy atom. The van der Waals surface area contributed by atoms with Crippen LogP contribution in [0.1, 0.15) is 30.2 Å². The highest BCUT2D eigenvalue weighted by molar-refractivity contribution is 7.13. The second-order valence-electron chi connectivity index (χ2n) is 6.19. The molecule has 5 nitrogen and oxygen atoms in total. The Labute approximate surface area is 157 Å². The summed E-state index contributed by atoms with van der Waals surface area (Å²) >= 11 is 7.38. The van der Waals surface area contributed by atoms with Gasteiger partial charge in [0.05, 0.1) is 18.9 Å². The predicted molar refractivity (Wildman–Crippen MR) is 99.7 cm³/mol. The van der Waals surface area contributed by atoms with Crippen molar-refractivity contribution in [2.24, 2.45) is 0 Å². The maximum absolute atomic E-state index is 8.81. The molecule has 136 valence electrons. The van der Waals surface area contributed by atoms with Crippen molar-refractivity contribution < 1.29 is 14.6 Å². The van der Waals surface area contributed by atoms with E-state index in [4.69, 9.17) is 26.2 Å². The van der Waals surface area contributed by atoms with Crippen LogP contribution in [-0.4, -0.2) is 54.4 Å². The number of ether oxygens (including phenoxy) is 2. The highest BCUT2D eigenvalue weighted by Gasteiger charge is 2.25. The smallest absolute Gasteiger partial charge is 0.183 e. The first kappa shape index (κ1) is 18.6. The lowest BCUT2D eigenvalue weighted by molar-refractivity contribution is -0.0331. The number of halogens is 1. The minimum absolute atomic E-state index is 0.000965. The highest BCUT2D eigenvalue weighted by atomic mass is 35.5. The summed E-state index contributed by atoms with van der Waals surface area (Å²) in [6.45, 7) is 6.02. The van der Waals surface area contributed by atoms with Crippen LogP contribution < -0.4 is 4.74 Å². The lowest BCUT2D eigenvalue weighted by atomic mass is 10.00. The van der Waals surface area contributed by atoms with Gasteiger partial charge in [-0.1, -0.05) is 30.7 Å². The zero-order chi connectivity index (χ0) is 17.6. The molecule has 0 bridgehead atoms. The number of hydrogen-bond donors (Lipinski definition) is 1. The number of rotatable bonds is 7. The summed E-state index contributed by atoms with van der Waals surface area (Å²) in [5.41, 5.74) is 2.20. The summed E-state index contributed by atoms with van der Waals surface area (Å²) in [5, 5.41) is 10.8. The van der Waals surface area contributed by atoms with Gasteiger partial charge in [-0.05, 0) is 23.6 Å². The third-order valence-electron chi connectivity index (χ3n) is 4.32. The summed E-state index contributed by atoms with van der Waals surface area (Å²) in [5.74, 6) is 1.20. The number of hydrogen-bond acceptors (Lipinski definition) is 6. The third-order valence-corrected chi connectivity index (χ3v) is 5.31. The van der Waals surface area contributed by atoms with Crippen LogP contribution >= 0.6 is 22.9 Å². The lowest BCUT2D eigenvalue weighted by Crippen LogP contribution is -2.40. The molecule has 2 unspecified atom stereocenters. The van der Waals surface area contributed by atoms with E-state index in [0.29, 0.717) is 23.6 Å². The third kappa shape index (κ3) is 5.15. The monoisotopic (exact) mass is 382 g/mol. The zero-order valence-corrected chi connectivity index (χ0v) is 15.8. The molecule has 2 atom stereocenters. The molecule has 7 heteroatoms. The molecule has 25 heavy (non-hydrogen) atoms. The molecule has 1 N–H and O–H groups in total. The van der Waals surface area contributed by atoms with Crippen molar-refractivity contribution in [3.05, 3.63) is 45.4 Å². The Bertz CT molecular complexity index is 665. The summed E-state index contributed by atoms with van der Waals surface area (Å²) in [4.78, 5) is 6.76. The van der Waals surface area contributed by atoms with E-state index in [1.165, 1.54) is 16.9 Å². The van der Waals surface area contributed by atoms with Gasteiger partial charge in [0.25, 0.3) is 0 Å². The van der Waals surface area contributed by atoms with Crippen molar-refractivity contribution in [2.45, 2.75) is 18.9 Å². The Balaban J connectivity index is 1.55. The first-order valence-electron chi connectivity index (χ1n) is 8.44. The zero-order valence-electron chi connectivity index (χ0n) is 14.2. The van der Waals surface area contributed by atoms with Crippen LogP contribution in [0, 0.1) is 0 Å². The van der Waals surface area contributed by atoms with Crippen LogP contribution in [-0.2, 0) is 4.74 Å². The fourth-order valence-corrected chi connectivity index (χ4v) is 3.82. The first-order valence-corrected chi connectivity index (χ1v) is 9.70. The quantitative estimate of drug-likeness (QED) is 0.795. The van der Waals surface area contributed by atoms with Gasteiger partial charge < -0.3 is 14.6 Å². The second kappa shape index (κ2) is 8.96. The SMILES string of the molecule is CC(CN1CCOC(c2csc(Cl)n2)C1)c1ccc(OCCO)cc1. The molecule has 2 aromatic rings. The summed E-state index contributed by atoms with van der Waals surface area (Å²) in [6.07, 6.45) is -0.000965. The number of nitrogens with zero attached hydrogens (tertiary/aromatic N) is 2. The van der Waals surface area contributed by atoms with Crippen molar-refractivity contribution in [1.82, 2.24) is 9.88 Å².